The molecule has 0 amide bonds. The van der Waals surface area contributed by atoms with Crippen molar-refractivity contribution >= 4 is 10.9 Å². The summed E-state index contributed by atoms with van der Waals surface area (Å²) in [6, 6.07) is 4.88. The van der Waals surface area contributed by atoms with Gasteiger partial charge in [0.2, 0.25) is 0 Å². The van der Waals surface area contributed by atoms with Crippen molar-refractivity contribution in [1.82, 2.24) is 4.57 Å². The molecule has 86 valence electrons. The predicted octanol–water partition coefficient (Wildman–Crippen LogP) is 2.90. The number of benzene rings is 1. The van der Waals surface area contributed by atoms with E-state index in [2.05, 4.69) is 18.4 Å². The van der Waals surface area contributed by atoms with Gasteiger partial charge in [-0.05, 0) is 29.7 Å². The molecule has 0 spiro atoms. The molecule has 0 saturated carbocycles. The smallest absolute Gasteiger partial charge is 0.123 e. The molecule has 0 radical (unpaired) electrons. The molecule has 0 aliphatic heterocycles. The van der Waals surface area contributed by atoms with Crippen molar-refractivity contribution in [3.05, 3.63) is 35.3 Å². The average Bonchev–Trinajstić information content (AvgIpc) is 2.50. The lowest BCUT2D eigenvalue weighted by atomic mass is 10.0. The fourth-order valence-electron chi connectivity index (χ4n) is 2.46. The molecule has 2 aromatic rings. The first-order valence-electron chi connectivity index (χ1n) is 5.53. The Labute approximate surface area is 94.9 Å². The lowest BCUT2D eigenvalue weighted by molar-refractivity contribution is 0.629. The number of halogens is 1. The van der Waals surface area contributed by atoms with Crippen molar-refractivity contribution in [3.8, 4) is 0 Å². The summed E-state index contributed by atoms with van der Waals surface area (Å²) in [5.41, 5.74) is 9.09. The average molecular weight is 220 g/mol. The van der Waals surface area contributed by atoms with Crippen molar-refractivity contribution in [2.45, 2.75) is 26.3 Å². The van der Waals surface area contributed by atoms with Crippen molar-refractivity contribution in [2.24, 2.45) is 12.8 Å². The molecular weight excluding hydrogens is 203 g/mol. The van der Waals surface area contributed by atoms with E-state index in [1.807, 2.05) is 13.1 Å². The van der Waals surface area contributed by atoms with Crippen LogP contribution in [0.25, 0.3) is 10.9 Å². The van der Waals surface area contributed by atoms with Crippen molar-refractivity contribution in [2.75, 3.05) is 0 Å². The van der Waals surface area contributed by atoms with Crippen LogP contribution in [0.4, 0.5) is 4.39 Å². The normalized spacial score (nSPS) is 11.6. The largest absolute Gasteiger partial charge is 0.347 e. The Hall–Kier alpha value is -1.35. The molecule has 2 nitrogen and oxygen atoms in total. The standard InChI is InChI=1S/C13H17FN2/c1-8(2)13-11(7-15)10-6-9(14)4-5-12(10)16(13)3/h4-6,8H,7,15H2,1-3H3. The zero-order valence-electron chi connectivity index (χ0n) is 9.92. The summed E-state index contributed by atoms with van der Waals surface area (Å²) in [4.78, 5) is 0. The van der Waals surface area contributed by atoms with E-state index in [1.165, 1.54) is 11.8 Å². The molecule has 0 aliphatic carbocycles. The molecule has 0 saturated heterocycles. The molecule has 0 atom stereocenters. The second-order valence-corrected chi connectivity index (χ2v) is 4.44. The van der Waals surface area contributed by atoms with Crippen LogP contribution in [-0.2, 0) is 13.6 Å². The van der Waals surface area contributed by atoms with Crippen LogP contribution in [-0.4, -0.2) is 4.57 Å². The minimum absolute atomic E-state index is 0.205. The van der Waals surface area contributed by atoms with Gasteiger partial charge in [0.05, 0.1) is 0 Å². The van der Waals surface area contributed by atoms with Gasteiger partial charge in [0.1, 0.15) is 5.82 Å². The van der Waals surface area contributed by atoms with E-state index in [0.29, 0.717) is 12.5 Å². The first-order chi connectivity index (χ1) is 7.56. The molecule has 0 bridgehead atoms. The van der Waals surface area contributed by atoms with E-state index < -0.39 is 0 Å². The summed E-state index contributed by atoms with van der Waals surface area (Å²) in [5.74, 6) is 0.183. The highest BCUT2D eigenvalue weighted by molar-refractivity contribution is 5.85. The minimum Gasteiger partial charge on any atom is -0.347 e. The molecule has 2 N–H and O–H groups in total. The van der Waals surface area contributed by atoms with Crippen LogP contribution in [0.1, 0.15) is 31.0 Å². The maximum atomic E-state index is 13.2. The second kappa shape index (κ2) is 3.91. The Bertz CT molecular complexity index is 526. The Kier molecular flexibility index (Phi) is 2.72. The SMILES string of the molecule is CC(C)c1c(CN)c2cc(F)ccc2n1C. The van der Waals surface area contributed by atoms with Gasteiger partial charge in [0, 0.05) is 30.2 Å². The molecular formula is C13H17FN2. The monoisotopic (exact) mass is 220 g/mol. The van der Waals surface area contributed by atoms with Crippen LogP contribution < -0.4 is 5.73 Å². The number of hydrogen-bond donors (Lipinski definition) is 1. The van der Waals surface area contributed by atoms with Crippen molar-refractivity contribution in [3.63, 3.8) is 0 Å². The van der Waals surface area contributed by atoms with Gasteiger partial charge in [-0.2, -0.15) is 0 Å². The van der Waals surface area contributed by atoms with Gasteiger partial charge in [-0.25, -0.2) is 4.39 Å². The van der Waals surface area contributed by atoms with Crippen LogP contribution in [0.15, 0.2) is 18.2 Å². The molecule has 16 heavy (non-hydrogen) atoms. The Morgan fingerprint density at radius 1 is 1.38 bits per heavy atom. The van der Waals surface area contributed by atoms with Crippen molar-refractivity contribution < 1.29 is 4.39 Å². The highest BCUT2D eigenvalue weighted by atomic mass is 19.1. The van der Waals surface area contributed by atoms with Crippen LogP contribution in [0, 0.1) is 5.82 Å². The third kappa shape index (κ3) is 1.52. The number of nitrogens with two attached hydrogens (primary N) is 1. The third-order valence-electron chi connectivity index (χ3n) is 3.07. The van der Waals surface area contributed by atoms with Gasteiger partial charge in [0.25, 0.3) is 0 Å². The van der Waals surface area contributed by atoms with E-state index in [4.69, 9.17) is 5.73 Å². The summed E-state index contributed by atoms with van der Waals surface area (Å²) in [7, 11) is 2.01. The fraction of sp³-hybridized carbons (Fsp3) is 0.385. The lowest BCUT2D eigenvalue weighted by Gasteiger charge is -2.10. The zero-order valence-corrected chi connectivity index (χ0v) is 9.92. The number of rotatable bonds is 2. The highest BCUT2D eigenvalue weighted by Gasteiger charge is 2.16. The van der Waals surface area contributed by atoms with E-state index in [9.17, 15) is 4.39 Å². The summed E-state index contributed by atoms with van der Waals surface area (Å²) in [6.45, 7) is 4.71. The number of hydrogen-bond acceptors (Lipinski definition) is 1. The molecule has 1 aromatic carbocycles. The van der Waals surface area contributed by atoms with Gasteiger partial charge >= 0.3 is 0 Å². The van der Waals surface area contributed by atoms with E-state index in [-0.39, 0.29) is 5.82 Å². The maximum Gasteiger partial charge on any atom is 0.123 e. The highest BCUT2D eigenvalue weighted by Crippen LogP contribution is 2.30. The zero-order chi connectivity index (χ0) is 11.9. The number of aryl methyl sites for hydroxylation is 1. The molecule has 0 unspecified atom stereocenters. The van der Waals surface area contributed by atoms with Gasteiger partial charge in [-0.3, -0.25) is 0 Å². The number of nitrogens with zero attached hydrogens (tertiary/aromatic N) is 1. The molecule has 0 aliphatic rings. The summed E-state index contributed by atoms with van der Waals surface area (Å²) >= 11 is 0. The van der Waals surface area contributed by atoms with Crippen LogP contribution in [0.5, 0.6) is 0 Å². The van der Waals surface area contributed by atoms with Crippen LogP contribution in [0.3, 0.4) is 0 Å². The van der Waals surface area contributed by atoms with Gasteiger partial charge in [-0.1, -0.05) is 13.8 Å². The lowest BCUT2D eigenvalue weighted by Crippen LogP contribution is -2.05. The molecule has 1 heterocycles. The number of aromatic nitrogens is 1. The third-order valence-corrected chi connectivity index (χ3v) is 3.07. The minimum atomic E-state index is -0.205. The van der Waals surface area contributed by atoms with Gasteiger partial charge in [-0.15, -0.1) is 0 Å². The number of fused-ring (bicyclic) bond motifs is 1. The van der Waals surface area contributed by atoms with E-state index in [1.54, 1.807) is 6.07 Å². The van der Waals surface area contributed by atoms with Crippen LogP contribution in [0.2, 0.25) is 0 Å². The fourth-order valence-corrected chi connectivity index (χ4v) is 2.46. The maximum absolute atomic E-state index is 13.2. The van der Waals surface area contributed by atoms with E-state index >= 15 is 0 Å². The van der Waals surface area contributed by atoms with E-state index in [0.717, 1.165) is 16.5 Å². The topological polar surface area (TPSA) is 30.9 Å². The van der Waals surface area contributed by atoms with Gasteiger partial charge in [0.15, 0.2) is 0 Å². The molecule has 1 aromatic heterocycles. The summed E-state index contributed by atoms with van der Waals surface area (Å²) in [6.07, 6.45) is 0. The second-order valence-electron chi connectivity index (χ2n) is 4.44. The summed E-state index contributed by atoms with van der Waals surface area (Å²) < 4.78 is 15.4. The predicted molar refractivity (Wildman–Crippen MR) is 64.9 cm³/mol. The quantitative estimate of drug-likeness (QED) is 0.829. The van der Waals surface area contributed by atoms with Crippen LogP contribution >= 0.6 is 0 Å². The molecule has 0 fully saturated rings. The van der Waals surface area contributed by atoms with Gasteiger partial charge < -0.3 is 10.3 Å². The Morgan fingerprint density at radius 3 is 2.62 bits per heavy atom. The van der Waals surface area contributed by atoms with Crippen molar-refractivity contribution in [1.29, 1.82) is 0 Å². The molecule has 3 heteroatoms. The Balaban J connectivity index is 2.85. The first-order valence-corrected chi connectivity index (χ1v) is 5.53. The molecule has 2 rings (SSSR count). The Morgan fingerprint density at radius 2 is 2.06 bits per heavy atom. The first kappa shape index (κ1) is 11.1. The summed E-state index contributed by atoms with van der Waals surface area (Å²) in [5, 5.41) is 0.939.